The van der Waals surface area contributed by atoms with E-state index in [1.165, 1.54) is 6.20 Å². The Kier molecular flexibility index (Phi) is 2.34. The van der Waals surface area contributed by atoms with E-state index in [1.807, 2.05) is 13.8 Å². The van der Waals surface area contributed by atoms with Gasteiger partial charge in [0.2, 0.25) is 5.95 Å². The zero-order valence-corrected chi connectivity index (χ0v) is 9.30. The van der Waals surface area contributed by atoms with Crippen LogP contribution in [0.15, 0.2) is 11.0 Å². The van der Waals surface area contributed by atoms with Crippen molar-refractivity contribution in [1.29, 1.82) is 0 Å². The number of hydrogen-bond donors (Lipinski definition) is 2. The molecule has 0 aliphatic heterocycles. The van der Waals surface area contributed by atoms with Gasteiger partial charge in [0.15, 0.2) is 11.0 Å². The molecule has 0 fully saturated rings. The molecular weight excluding hydrogens is 226 g/mol. The number of aromatic amines is 1. The topological polar surface area (TPSA) is 120 Å². The summed E-state index contributed by atoms with van der Waals surface area (Å²) >= 11 is 0. The molecule has 2 heterocycles. The first-order valence-electron chi connectivity index (χ1n) is 4.96. The van der Waals surface area contributed by atoms with Crippen LogP contribution in [-0.2, 0) is 0 Å². The van der Waals surface area contributed by atoms with E-state index < -0.39 is 10.5 Å². The number of nitrogens with one attached hydrogen (secondary N) is 1. The summed E-state index contributed by atoms with van der Waals surface area (Å²) in [5.41, 5.74) is 4.80. The molecule has 90 valence electrons. The van der Waals surface area contributed by atoms with Gasteiger partial charge in [0.25, 0.3) is 5.56 Å². The van der Waals surface area contributed by atoms with Crippen LogP contribution in [0.3, 0.4) is 0 Å². The SMILES string of the molecule is CC(C)n1cc([N+](=O)[O-])c2c(=O)[nH]c(N)nc21. The highest BCUT2D eigenvalue weighted by atomic mass is 16.6. The molecule has 0 aromatic carbocycles. The molecule has 17 heavy (non-hydrogen) atoms. The molecule has 0 aliphatic rings. The summed E-state index contributed by atoms with van der Waals surface area (Å²) in [7, 11) is 0. The summed E-state index contributed by atoms with van der Waals surface area (Å²) in [5.74, 6) is -0.0580. The summed E-state index contributed by atoms with van der Waals surface area (Å²) in [6.45, 7) is 3.67. The van der Waals surface area contributed by atoms with Crippen LogP contribution in [0.25, 0.3) is 11.0 Å². The molecule has 8 heteroatoms. The Morgan fingerprint density at radius 3 is 2.76 bits per heavy atom. The van der Waals surface area contributed by atoms with Crippen LogP contribution < -0.4 is 11.3 Å². The number of rotatable bonds is 2. The fraction of sp³-hybridized carbons (Fsp3) is 0.333. The molecule has 0 amide bonds. The highest BCUT2D eigenvalue weighted by molar-refractivity contribution is 5.86. The molecule has 0 saturated heterocycles. The average Bonchev–Trinajstić information content (AvgIpc) is 2.56. The van der Waals surface area contributed by atoms with Crippen LogP contribution in [0, 0.1) is 10.1 Å². The number of aromatic nitrogens is 3. The lowest BCUT2D eigenvalue weighted by molar-refractivity contribution is -0.383. The molecule has 0 saturated carbocycles. The number of fused-ring (bicyclic) bond motifs is 1. The lowest BCUT2D eigenvalue weighted by Gasteiger charge is -2.06. The van der Waals surface area contributed by atoms with Crippen molar-refractivity contribution in [1.82, 2.24) is 14.5 Å². The van der Waals surface area contributed by atoms with E-state index in [-0.39, 0.29) is 28.7 Å². The van der Waals surface area contributed by atoms with E-state index in [0.717, 1.165) is 0 Å². The van der Waals surface area contributed by atoms with Crippen LogP contribution in [0.2, 0.25) is 0 Å². The van der Waals surface area contributed by atoms with Gasteiger partial charge in [-0.1, -0.05) is 0 Å². The first-order chi connectivity index (χ1) is 7.91. The lowest BCUT2D eigenvalue weighted by atomic mass is 10.3. The molecule has 2 aromatic rings. The second-order valence-corrected chi connectivity index (χ2v) is 3.92. The fourth-order valence-electron chi connectivity index (χ4n) is 1.69. The summed E-state index contributed by atoms with van der Waals surface area (Å²) in [6.07, 6.45) is 1.30. The van der Waals surface area contributed by atoms with Crippen LogP contribution >= 0.6 is 0 Å². The average molecular weight is 237 g/mol. The number of nitrogens with zero attached hydrogens (tertiary/aromatic N) is 3. The molecule has 0 unspecified atom stereocenters. The molecule has 0 atom stereocenters. The molecule has 0 bridgehead atoms. The molecule has 8 nitrogen and oxygen atoms in total. The van der Waals surface area contributed by atoms with Gasteiger partial charge in [0.05, 0.1) is 11.1 Å². The van der Waals surface area contributed by atoms with Crippen molar-refractivity contribution in [2.45, 2.75) is 19.9 Å². The Hall–Kier alpha value is -2.38. The second-order valence-electron chi connectivity index (χ2n) is 3.92. The Balaban J connectivity index is 2.96. The van der Waals surface area contributed by atoms with Crippen molar-refractivity contribution in [3.8, 4) is 0 Å². The van der Waals surface area contributed by atoms with E-state index in [2.05, 4.69) is 9.97 Å². The lowest BCUT2D eigenvalue weighted by Crippen LogP contribution is -2.12. The van der Waals surface area contributed by atoms with Crippen LogP contribution in [0.4, 0.5) is 11.6 Å². The number of nitro groups is 1. The maximum absolute atomic E-state index is 11.7. The van der Waals surface area contributed by atoms with Crippen molar-refractivity contribution in [3.05, 3.63) is 26.7 Å². The Labute approximate surface area is 95.2 Å². The normalized spacial score (nSPS) is 11.2. The molecule has 0 radical (unpaired) electrons. The monoisotopic (exact) mass is 237 g/mol. The van der Waals surface area contributed by atoms with Gasteiger partial charge in [-0.3, -0.25) is 19.9 Å². The minimum Gasteiger partial charge on any atom is -0.369 e. The van der Waals surface area contributed by atoms with Crippen LogP contribution in [0.5, 0.6) is 0 Å². The third-order valence-electron chi connectivity index (χ3n) is 2.43. The predicted octanol–water partition coefficient (Wildman–Crippen LogP) is 0.796. The van der Waals surface area contributed by atoms with E-state index in [1.54, 1.807) is 4.57 Å². The van der Waals surface area contributed by atoms with Crippen molar-refractivity contribution >= 4 is 22.7 Å². The number of hydrogen-bond acceptors (Lipinski definition) is 5. The Morgan fingerprint density at radius 2 is 2.24 bits per heavy atom. The van der Waals surface area contributed by atoms with Gasteiger partial charge in [-0.15, -0.1) is 0 Å². The number of nitrogen functional groups attached to an aromatic ring is 1. The zero-order chi connectivity index (χ0) is 12.7. The van der Waals surface area contributed by atoms with Gasteiger partial charge < -0.3 is 10.3 Å². The summed E-state index contributed by atoms with van der Waals surface area (Å²) in [6, 6.07) is -0.0556. The predicted molar refractivity (Wildman–Crippen MR) is 61.8 cm³/mol. The minimum absolute atomic E-state index is 0.0436. The Morgan fingerprint density at radius 1 is 1.59 bits per heavy atom. The highest BCUT2D eigenvalue weighted by Crippen LogP contribution is 2.26. The van der Waals surface area contributed by atoms with Gasteiger partial charge >= 0.3 is 5.69 Å². The van der Waals surface area contributed by atoms with Crippen molar-refractivity contribution < 1.29 is 4.92 Å². The first kappa shape index (κ1) is 11.1. The Bertz CT molecular complexity index is 654. The largest absolute Gasteiger partial charge is 0.369 e. The number of anilines is 1. The van der Waals surface area contributed by atoms with Crippen molar-refractivity contribution in [2.24, 2.45) is 0 Å². The van der Waals surface area contributed by atoms with Gasteiger partial charge in [-0.2, -0.15) is 4.98 Å². The van der Waals surface area contributed by atoms with Crippen LogP contribution in [0.1, 0.15) is 19.9 Å². The van der Waals surface area contributed by atoms with E-state index in [9.17, 15) is 14.9 Å². The van der Waals surface area contributed by atoms with Gasteiger partial charge in [0.1, 0.15) is 0 Å². The molecule has 2 aromatic heterocycles. The smallest absolute Gasteiger partial charge is 0.302 e. The minimum atomic E-state index is -0.603. The molecule has 2 rings (SSSR count). The van der Waals surface area contributed by atoms with E-state index >= 15 is 0 Å². The standard InChI is InChI=1S/C9H11N5O3/c1-4(2)13-3-5(14(16)17)6-7(13)11-9(10)12-8(6)15/h3-4H,1-2H3,(H3,10,11,12,15). The van der Waals surface area contributed by atoms with E-state index in [4.69, 9.17) is 5.73 Å². The van der Waals surface area contributed by atoms with Crippen molar-refractivity contribution in [2.75, 3.05) is 5.73 Å². The van der Waals surface area contributed by atoms with Gasteiger partial charge in [-0.05, 0) is 13.8 Å². The number of H-pyrrole nitrogens is 1. The zero-order valence-electron chi connectivity index (χ0n) is 9.30. The first-order valence-corrected chi connectivity index (χ1v) is 4.96. The fourth-order valence-corrected chi connectivity index (χ4v) is 1.69. The number of nitrogens with two attached hydrogens (primary N) is 1. The molecular formula is C9H11N5O3. The molecule has 3 N–H and O–H groups in total. The third-order valence-corrected chi connectivity index (χ3v) is 2.43. The third kappa shape index (κ3) is 1.63. The van der Waals surface area contributed by atoms with Gasteiger partial charge in [-0.25, -0.2) is 0 Å². The molecule has 0 aliphatic carbocycles. The quantitative estimate of drug-likeness (QED) is 0.591. The van der Waals surface area contributed by atoms with Crippen LogP contribution in [-0.4, -0.2) is 19.5 Å². The maximum Gasteiger partial charge on any atom is 0.302 e. The maximum atomic E-state index is 11.7. The van der Waals surface area contributed by atoms with Crippen molar-refractivity contribution in [3.63, 3.8) is 0 Å². The van der Waals surface area contributed by atoms with Gasteiger partial charge in [0, 0.05) is 6.04 Å². The summed E-state index contributed by atoms with van der Waals surface area (Å²) < 4.78 is 1.55. The highest BCUT2D eigenvalue weighted by Gasteiger charge is 2.23. The molecule has 0 spiro atoms. The second kappa shape index (κ2) is 3.58. The summed E-state index contributed by atoms with van der Waals surface area (Å²) in [4.78, 5) is 28.1. The van der Waals surface area contributed by atoms with E-state index in [0.29, 0.717) is 0 Å². The summed E-state index contributed by atoms with van der Waals surface area (Å²) in [5, 5.41) is 10.8.